The second kappa shape index (κ2) is 14.8. The average molecular weight is 666 g/mol. The van der Waals surface area contributed by atoms with Crippen molar-refractivity contribution in [1.82, 2.24) is 4.98 Å². The number of cyclic esters (lactones) is 1. The number of aromatic amines is 1. The lowest BCUT2D eigenvalue weighted by Crippen LogP contribution is -2.48. The third-order valence-electron chi connectivity index (χ3n) is 10.2. The summed E-state index contributed by atoms with van der Waals surface area (Å²) in [7, 11) is 1.47. The number of aliphatic hydroxyl groups is 1. The van der Waals surface area contributed by atoms with Crippen LogP contribution < -0.4 is 4.57 Å². The van der Waals surface area contributed by atoms with Crippen molar-refractivity contribution in [1.29, 1.82) is 0 Å². The first kappa shape index (κ1) is 35.5. The van der Waals surface area contributed by atoms with E-state index in [0.29, 0.717) is 12.1 Å². The topological polar surface area (TPSA) is 137 Å². The quantitative estimate of drug-likeness (QED) is 0.167. The van der Waals surface area contributed by atoms with Crippen molar-refractivity contribution >= 4 is 17.9 Å². The van der Waals surface area contributed by atoms with Crippen LogP contribution in [0.15, 0.2) is 66.7 Å². The molecule has 5 rings (SSSR count). The molecule has 4 heterocycles. The zero-order chi connectivity index (χ0) is 34.7. The van der Waals surface area contributed by atoms with Crippen LogP contribution >= 0.6 is 0 Å². The van der Waals surface area contributed by atoms with E-state index in [2.05, 4.69) is 17.1 Å². The number of aromatic nitrogens is 2. The Bertz CT molecular complexity index is 1520. The fourth-order valence-corrected chi connectivity index (χ4v) is 7.41. The number of carbonyl (C=O) groups excluding carboxylic acids is 3. The van der Waals surface area contributed by atoms with E-state index in [0.717, 1.165) is 11.1 Å². The van der Waals surface area contributed by atoms with E-state index in [4.69, 9.17) is 23.7 Å². The molecule has 2 bridgehead atoms. The van der Waals surface area contributed by atoms with Gasteiger partial charge < -0.3 is 33.8 Å². The lowest BCUT2D eigenvalue weighted by atomic mass is 9.69. The Kier molecular flexibility index (Phi) is 10.9. The van der Waals surface area contributed by atoms with Gasteiger partial charge in [-0.1, -0.05) is 32.1 Å². The standard InChI is InChI=1S/C37H48N2O9/c1-21-10-9-15-39(19-21)20-31(41)45-26(6)32-22(2)16-23(3)37-18-27(12-13-28(37)17-30(44-7)36(43)46-32)34(48-37)33(24(4)25(5)40)47-35(42)29-11-8-14-38-29/h8-16,19,22,24-28,30,32-34,40H,17-18,20H2,1-7H3/p+1/b23-16+/t22-,24-,25+,26-,27-,28-,30+,32+,33-,34-,37+/m1/s1. The molecule has 2 N–H and O–H groups in total. The summed E-state index contributed by atoms with van der Waals surface area (Å²) in [5.74, 6) is -2.68. The van der Waals surface area contributed by atoms with Gasteiger partial charge in [-0.15, -0.1) is 0 Å². The number of ether oxygens (including phenoxy) is 5. The molecule has 0 amide bonds. The van der Waals surface area contributed by atoms with Gasteiger partial charge in [-0.2, -0.15) is 4.57 Å². The fourth-order valence-electron chi connectivity index (χ4n) is 7.41. The number of pyridine rings is 1. The molecule has 1 saturated heterocycles. The second-order valence-corrected chi connectivity index (χ2v) is 13.7. The molecular formula is C37H49N2O9+. The highest BCUT2D eigenvalue weighted by atomic mass is 16.6. The summed E-state index contributed by atoms with van der Waals surface area (Å²) in [6.45, 7) is 11.2. The molecule has 0 saturated carbocycles. The van der Waals surface area contributed by atoms with Crippen LogP contribution in [-0.4, -0.2) is 77.3 Å². The van der Waals surface area contributed by atoms with E-state index in [1.54, 1.807) is 42.9 Å². The van der Waals surface area contributed by atoms with E-state index in [1.807, 2.05) is 52.1 Å². The lowest BCUT2D eigenvalue weighted by molar-refractivity contribution is -0.686. The van der Waals surface area contributed by atoms with Gasteiger partial charge in [0.2, 0.25) is 6.54 Å². The number of hydrogen-bond acceptors (Lipinski definition) is 9. The normalized spacial score (nSPS) is 32.1. The maximum atomic E-state index is 13.6. The Morgan fingerprint density at radius 1 is 1.12 bits per heavy atom. The summed E-state index contributed by atoms with van der Waals surface area (Å²) in [6, 6.07) is 7.17. The molecule has 48 heavy (non-hydrogen) atoms. The minimum Gasteiger partial charge on any atom is -0.456 e. The summed E-state index contributed by atoms with van der Waals surface area (Å²) in [6.07, 6.45) is 7.83. The van der Waals surface area contributed by atoms with E-state index in [1.165, 1.54) is 7.11 Å². The summed E-state index contributed by atoms with van der Waals surface area (Å²) in [5.41, 5.74) is 1.42. The minimum absolute atomic E-state index is 0.0187. The molecular weight excluding hydrogens is 616 g/mol. The van der Waals surface area contributed by atoms with E-state index in [9.17, 15) is 19.5 Å². The molecule has 2 aromatic rings. The van der Waals surface area contributed by atoms with E-state index >= 15 is 0 Å². The number of aryl methyl sites for hydroxylation is 1. The van der Waals surface area contributed by atoms with Gasteiger partial charge in [0.25, 0.3) is 0 Å². The van der Waals surface area contributed by atoms with Crippen molar-refractivity contribution in [2.75, 3.05) is 7.11 Å². The molecule has 11 nitrogen and oxygen atoms in total. The number of fused-ring (bicyclic) bond motifs is 1. The molecule has 11 atom stereocenters. The predicted molar refractivity (Wildman–Crippen MR) is 174 cm³/mol. The number of nitrogens with zero attached hydrogens (tertiary/aromatic N) is 1. The number of aliphatic hydroxyl groups excluding tert-OH is 1. The number of H-pyrrole nitrogens is 1. The second-order valence-electron chi connectivity index (χ2n) is 13.7. The van der Waals surface area contributed by atoms with Gasteiger partial charge in [-0.25, -0.2) is 14.4 Å². The molecule has 0 radical (unpaired) electrons. The first-order chi connectivity index (χ1) is 22.8. The van der Waals surface area contributed by atoms with Crippen molar-refractivity contribution in [3.8, 4) is 0 Å². The molecule has 0 unspecified atom stereocenters. The molecule has 1 aliphatic carbocycles. The SMILES string of the molecule is CO[C@H]1C[C@H]2C=C[C@@H]3C[C@]2(O[C@H]3[C@H](OC(=O)c2ccc[nH]2)[C@H](C)[C@H](C)O)/C(C)=C/[C@@H](C)[C@@H]([C@@H](C)OC(=O)C[n+]2cccc(C)c2)OC1=O. The van der Waals surface area contributed by atoms with Crippen molar-refractivity contribution in [2.24, 2.45) is 23.7 Å². The smallest absolute Gasteiger partial charge is 0.373 e. The summed E-state index contributed by atoms with van der Waals surface area (Å²) in [4.78, 5) is 42.6. The van der Waals surface area contributed by atoms with Crippen molar-refractivity contribution in [2.45, 2.75) is 103 Å². The maximum absolute atomic E-state index is 13.6. The minimum atomic E-state index is -0.903. The van der Waals surface area contributed by atoms with Gasteiger partial charge in [0.15, 0.2) is 18.5 Å². The highest BCUT2D eigenvalue weighted by molar-refractivity contribution is 5.87. The first-order valence-electron chi connectivity index (χ1n) is 16.8. The van der Waals surface area contributed by atoms with Crippen LogP contribution in [0, 0.1) is 30.6 Å². The number of nitrogens with one attached hydrogen (secondary N) is 1. The van der Waals surface area contributed by atoms with Crippen molar-refractivity contribution < 1.29 is 47.7 Å². The third kappa shape index (κ3) is 7.43. The lowest BCUT2D eigenvalue weighted by Gasteiger charge is -2.41. The molecule has 1 fully saturated rings. The summed E-state index contributed by atoms with van der Waals surface area (Å²) >= 11 is 0. The van der Waals surface area contributed by atoms with E-state index in [-0.39, 0.29) is 30.7 Å². The fraction of sp³-hybridized carbons (Fsp3) is 0.568. The van der Waals surface area contributed by atoms with Crippen LogP contribution in [0.1, 0.15) is 63.5 Å². The Morgan fingerprint density at radius 2 is 1.90 bits per heavy atom. The Hall–Kier alpha value is -3.80. The van der Waals surface area contributed by atoms with Crippen molar-refractivity contribution in [3.63, 3.8) is 0 Å². The molecule has 11 heteroatoms. The number of hydrogen-bond donors (Lipinski definition) is 2. The molecule has 0 aromatic carbocycles. The Labute approximate surface area is 282 Å². The highest BCUT2D eigenvalue weighted by Crippen LogP contribution is 2.53. The number of esters is 3. The Balaban J connectivity index is 1.44. The van der Waals surface area contributed by atoms with Crippen LogP contribution in [0.5, 0.6) is 0 Å². The van der Waals surface area contributed by atoms with Gasteiger partial charge in [0.1, 0.15) is 30.1 Å². The van der Waals surface area contributed by atoms with Crippen LogP contribution in [0.4, 0.5) is 0 Å². The number of rotatable bonds is 10. The van der Waals surface area contributed by atoms with Gasteiger partial charge >= 0.3 is 17.9 Å². The zero-order valence-electron chi connectivity index (χ0n) is 28.8. The van der Waals surface area contributed by atoms with Gasteiger partial charge in [0, 0.05) is 48.6 Å². The van der Waals surface area contributed by atoms with Gasteiger partial charge in [-0.05, 0) is 64.3 Å². The molecule has 2 aliphatic heterocycles. The summed E-state index contributed by atoms with van der Waals surface area (Å²) < 4.78 is 32.4. The average Bonchev–Trinajstić information content (AvgIpc) is 3.68. The molecule has 3 aliphatic rings. The van der Waals surface area contributed by atoms with E-state index < -0.39 is 66.1 Å². The van der Waals surface area contributed by atoms with Crippen LogP contribution in [0.25, 0.3) is 0 Å². The van der Waals surface area contributed by atoms with Gasteiger partial charge in [0.05, 0.1) is 11.7 Å². The van der Waals surface area contributed by atoms with Gasteiger partial charge in [-0.3, -0.25) is 0 Å². The van der Waals surface area contributed by atoms with Crippen LogP contribution in [0.2, 0.25) is 0 Å². The molecule has 2 aromatic heterocycles. The monoisotopic (exact) mass is 665 g/mol. The highest BCUT2D eigenvalue weighted by Gasteiger charge is 2.57. The first-order valence-corrected chi connectivity index (χ1v) is 16.8. The van der Waals surface area contributed by atoms with Crippen LogP contribution in [0.3, 0.4) is 0 Å². The maximum Gasteiger partial charge on any atom is 0.373 e. The molecule has 1 spiro atoms. The summed E-state index contributed by atoms with van der Waals surface area (Å²) in [5, 5.41) is 10.6. The third-order valence-corrected chi connectivity index (χ3v) is 10.2. The largest absolute Gasteiger partial charge is 0.456 e. The Morgan fingerprint density at radius 3 is 2.56 bits per heavy atom. The zero-order valence-corrected chi connectivity index (χ0v) is 28.8. The predicted octanol–water partition coefficient (Wildman–Crippen LogP) is 4.03. The number of carbonyl (C=O) groups is 3. The van der Waals surface area contributed by atoms with Crippen LogP contribution in [-0.2, 0) is 39.8 Å². The molecule has 260 valence electrons. The number of methoxy groups -OCH3 is 1. The van der Waals surface area contributed by atoms with Crippen molar-refractivity contribution in [3.05, 3.63) is 77.9 Å².